The minimum absolute atomic E-state index is 0.0255. The highest BCUT2D eigenvalue weighted by atomic mass is 32.3. The molecule has 0 spiro atoms. The lowest BCUT2D eigenvalue weighted by Crippen LogP contribution is -2.69. The number of carbonyl (C=O) groups excluding carboxylic acids is 1. The summed E-state index contributed by atoms with van der Waals surface area (Å²) < 4.78 is 85.9. The number of nitrogens with two attached hydrogens (primary N) is 4. The van der Waals surface area contributed by atoms with E-state index in [4.69, 9.17) is 76.9 Å². The minimum atomic E-state index is -4.67. The topological polar surface area (TPSA) is 461 Å². The van der Waals surface area contributed by atoms with Crippen LogP contribution in [-0.2, 0) is 44.5 Å². The molecule has 27 heteroatoms. The Kier molecular flexibility index (Phi) is 17.9. The van der Waals surface area contributed by atoms with Gasteiger partial charge in [-0.05, 0) is 19.4 Å². The van der Waals surface area contributed by atoms with Crippen molar-refractivity contribution in [2.75, 3.05) is 19.7 Å². The summed E-state index contributed by atoms with van der Waals surface area (Å²) in [5.41, 5.74) is 23.3. The van der Waals surface area contributed by atoms with Crippen molar-refractivity contribution < 1.29 is 94.5 Å². The van der Waals surface area contributed by atoms with Crippen molar-refractivity contribution in [2.24, 2.45) is 22.9 Å². The molecule has 25 nitrogen and oxygen atoms in total. The highest BCUT2D eigenvalue weighted by Crippen LogP contribution is 2.32. The summed E-state index contributed by atoms with van der Waals surface area (Å²) >= 11 is 0. The van der Waals surface area contributed by atoms with Gasteiger partial charge in [-0.3, -0.25) is 23.0 Å². The van der Waals surface area contributed by atoms with Gasteiger partial charge in [0.2, 0.25) is 5.91 Å². The van der Waals surface area contributed by atoms with E-state index < -0.39 is 125 Å². The SMILES string of the molecule is NCC[C@H](O)C(=O)N[C@@H]1C[C@H](N)[C@@H](O[C@H]2O[C@H](CN)[C@@H](O)[C@H](O)[C@H]2N)[C@H](O[C@@H]2O[C@H](CO)[C@@H](O)[C@H]2O)[C@H]1O.O=S(=O)(O)O.O=S(=O)(O)O. The predicted octanol–water partition coefficient (Wildman–Crippen LogP) is -9.09. The predicted molar refractivity (Wildman–Crippen MR) is 154 cm³/mol. The van der Waals surface area contributed by atoms with Gasteiger partial charge in [-0.1, -0.05) is 0 Å². The number of aliphatic hydroxyl groups is 7. The quantitative estimate of drug-likeness (QED) is 0.0921. The Morgan fingerprint density at radius 1 is 0.792 bits per heavy atom. The fourth-order valence-corrected chi connectivity index (χ4v) is 4.84. The Labute approximate surface area is 273 Å². The third kappa shape index (κ3) is 14.1. The fourth-order valence-electron chi connectivity index (χ4n) is 4.84. The summed E-state index contributed by atoms with van der Waals surface area (Å²) in [5.74, 6) is -0.807. The van der Waals surface area contributed by atoms with Crippen LogP contribution in [0, 0.1) is 0 Å². The van der Waals surface area contributed by atoms with Gasteiger partial charge in [-0.25, -0.2) is 0 Å². The van der Waals surface area contributed by atoms with Crippen LogP contribution in [0.3, 0.4) is 0 Å². The van der Waals surface area contributed by atoms with Gasteiger partial charge in [0.05, 0.1) is 18.7 Å². The second kappa shape index (κ2) is 19.3. The maximum Gasteiger partial charge on any atom is 0.394 e. The van der Waals surface area contributed by atoms with E-state index in [9.17, 15) is 40.5 Å². The van der Waals surface area contributed by atoms with Gasteiger partial charge in [0.15, 0.2) is 12.6 Å². The molecule has 48 heavy (non-hydrogen) atoms. The van der Waals surface area contributed by atoms with Crippen LogP contribution in [0.5, 0.6) is 0 Å². The van der Waals surface area contributed by atoms with Gasteiger partial charge in [0.25, 0.3) is 0 Å². The number of carbonyl (C=O) groups is 1. The van der Waals surface area contributed by atoms with E-state index in [0.717, 1.165) is 0 Å². The van der Waals surface area contributed by atoms with E-state index in [0.29, 0.717) is 0 Å². The van der Waals surface area contributed by atoms with E-state index in [-0.39, 0.29) is 25.9 Å². The molecule has 286 valence electrons. The second-order valence-corrected chi connectivity index (χ2v) is 12.5. The number of nitrogens with one attached hydrogen (secondary N) is 1. The van der Waals surface area contributed by atoms with Gasteiger partial charge in [-0.2, -0.15) is 16.8 Å². The third-order valence-electron chi connectivity index (χ3n) is 7.15. The smallest absolute Gasteiger partial charge is 0.394 e. The van der Waals surface area contributed by atoms with Crippen LogP contribution in [0.1, 0.15) is 12.8 Å². The molecule has 0 unspecified atom stereocenters. The lowest BCUT2D eigenvalue weighted by atomic mass is 9.83. The van der Waals surface area contributed by atoms with Crippen LogP contribution < -0.4 is 28.3 Å². The molecule has 0 bridgehead atoms. The number of ether oxygens (including phenoxy) is 4. The van der Waals surface area contributed by atoms with Gasteiger partial charge in [0.1, 0.15) is 61.0 Å². The van der Waals surface area contributed by atoms with Crippen molar-refractivity contribution in [2.45, 2.75) is 105 Å². The molecule has 1 amide bonds. The Morgan fingerprint density at radius 2 is 1.27 bits per heavy atom. The number of amides is 1. The normalized spacial score (nSPS) is 39.3. The van der Waals surface area contributed by atoms with E-state index >= 15 is 0 Å². The van der Waals surface area contributed by atoms with Crippen LogP contribution in [-0.4, -0.2) is 188 Å². The average molecular weight is 752 g/mol. The van der Waals surface area contributed by atoms with Crippen molar-refractivity contribution in [3.63, 3.8) is 0 Å². The first kappa shape index (κ1) is 44.6. The first-order valence-electron chi connectivity index (χ1n) is 13.9. The zero-order valence-electron chi connectivity index (χ0n) is 24.9. The maximum atomic E-state index is 12.4. The molecular weight excluding hydrogens is 706 g/mol. The molecule has 1 saturated carbocycles. The Balaban J connectivity index is 0.00000100. The first-order chi connectivity index (χ1) is 21.9. The van der Waals surface area contributed by atoms with Crippen molar-refractivity contribution >= 4 is 26.7 Å². The molecule has 2 saturated heterocycles. The molecular formula is C21H45N5O20S2. The van der Waals surface area contributed by atoms with Crippen LogP contribution in [0.2, 0.25) is 0 Å². The Hall–Kier alpha value is -1.39. The van der Waals surface area contributed by atoms with Gasteiger partial charge < -0.3 is 82.9 Å². The van der Waals surface area contributed by atoms with Crippen LogP contribution in [0.4, 0.5) is 0 Å². The lowest BCUT2D eigenvalue weighted by molar-refractivity contribution is -0.307. The highest BCUT2D eigenvalue weighted by molar-refractivity contribution is 7.80. The van der Waals surface area contributed by atoms with Crippen LogP contribution in [0.25, 0.3) is 0 Å². The zero-order chi connectivity index (χ0) is 37.3. The molecule has 0 radical (unpaired) electrons. The number of rotatable bonds is 10. The molecule has 20 N–H and O–H groups in total. The van der Waals surface area contributed by atoms with Gasteiger partial charge in [0, 0.05) is 12.6 Å². The van der Waals surface area contributed by atoms with Crippen molar-refractivity contribution in [1.82, 2.24) is 5.32 Å². The molecule has 3 fully saturated rings. The van der Waals surface area contributed by atoms with Crippen molar-refractivity contribution in [3.8, 4) is 0 Å². The fraction of sp³-hybridized carbons (Fsp3) is 0.952. The standard InChI is InChI=1S/C21H41N5O12.2H2O4S/c22-2-1-8(28)19(34)26-7-3-6(24)17(37-20-11(25)15(32)13(30)9(4-23)35-20)18(12(7)29)38-21-16(33)14(31)10(5-27)36-21;2*1-5(2,3)4/h6-18,20-21,27-33H,1-5,22-25H2,(H,26,34);2*(H2,1,2,3,4)/t6-,7+,8-,9+,10+,11+,12-,13+,14+,15+,16+,17+,18+,20+,21-;;/m0../s1. The monoisotopic (exact) mass is 751 g/mol. The van der Waals surface area contributed by atoms with E-state index in [2.05, 4.69) is 5.32 Å². The van der Waals surface area contributed by atoms with E-state index in [1.54, 1.807) is 0 Å². The molecule has 2 heterocycles. The Morgan fingerprint density at radius 3 is 1.73 bits per heavy atom. The summed E-state index contributed by atoms with van der Waals surface area (Å²) in [4.78, 5) is 12.4. The summed E-state index contributed by atoms with van der Waals surface area (Å²) in [6.07, 6.45) is -16.9. The van der Waals surface area contributed by atoms with Crippen LogP contribution >= 0.6 is 0 Å². The molecule has 2 aliphatic heterocycles. The lowest BCUT2D eigenvalue weighted by Gasteiger charge is -2.48. The van der Waals surface area contributed by atoms with E-state index in [1.807, 2.05) is 0 Å². The highest BCUT2D eigenvalue weighted by Gasteiger charge is 2.53. The third-order valence-corrected chi connectivity index (χ3v) is 7.15. The zero-order valence-corrected chi connectivity index (χ0v) is 26.5. The summed E-state index contributed by atoms with van der Waals surface area (Å²) in [5, 5.41) is 74.0. The molecule has 15 atom stereocenters. The number of aliphatic hydroxyl groups excluding tert-OH is 7. The number of hydrogen-bond acceptors (Lipinski definition) is 20. The maximum absolute atomic E-state index is 12.4. The Bertz CT molecular complexity index is 1160. The molecule has 0 aromatic carbocycles. The average Bonchev–Trinajstić information content (AvgIpc) is 3.23. The van der Waals surface area contributed by atoms with Gasteiger partial charge >= 0.3 is 20.8 Å². The molecule has 1 aliphatic carbocycles. The van der Waals surface area contributed by atoms with Crippen molar-refractivity contribution in [3.05, 3.63) is 0 Å². The van der Waals surface area contributed by atoms with E-state index in [1.165, 1.54) is 0 Å². The molecule has 3 rings (SSSR count). The molecule has 3 aliphatic rings. The molecule has 0 aromatic heterocycles. The molecule has 0 aromatic rings. The summed E-state index contributed by atoms with van der Waals surface area (Å²) in [7, 11) is -9.33. The second-order valence-electron chi connectivity index (χ2n) is 10.7. The summed E-state index contributed by atoms with van der Waals surface area (Å²) in [6, 6.07) is -3.29. The number of hydrogen-bond donors (Lipinski definition) is 16. The van der Waals surface area contributed by atoms with Gasteiger partial charge in [-0.15, -0.1) is 0 Å². The van der Waals surface area contributed by atoms with Crippen LogP contribution in [0.15, 0.2) is 0 Å². The largest absolute Gasteiger partial charge is 0.394 e. The van der Waals surface area contributed by atoms with Crippen molar-refractivity contribution in [1.29, 1.82) is 0 Å². The minimum Gasteiger partial charge on any atom is -0.394 e. The summed E-state index contributed by atoms with van der Waals surface area (Å²) in [6.45, 7) is -0.764. The first-order valence-corrected chi connectivity index (χ1v) is 16.7.